The smallest absolute Gasteiger partial charge is 0.293 e. The third-order valence-electron chi connectivity index (χ3n) is 3.02. The number of carbonyl (C=O) groups is 1. The number of nitrogens with zero attached hydrogens (tertiary/aromatic N) is 2. The third kappa shape index (κ3) is 3.81. The first-order valence-corrected chi connectivity index (χ1v) is 6.80. The maximum Gasteiger partial charge on any atom is 0.293 e. The Morgan fingerprint density at radius 3 is 2.95 bits per heavy atom. The molecular weight excluding hydrogens is 244 g/mol. The van der Waals surface area contributed by atoms with Gasteiger partial charge < -0.3 is 15.2 Å². The lowest BCUT2D eigenvalue weighted by Gasteiger charge is -2.08. The molecule has 0 aromatic carbocycles. The van der Waals surface area contributed by atoms with E-state index in [4.69, 9.17) is 0 Å². The maximum atomic E-state index is 12.0. The van der Waals surface area contributed by atoms with Crippen molar-refractivity contribution in [3.05, 3.63) is 22.7 Å². The van der Waals surface area contributed by atoms with Crippen molar-refractivity contribution in [2.75, 3.05) is 18.4 Å². The number of nitrogens with one attached hydrogen (secondary N) is 2. The molecule has 1 aromatic rings. The first-order chi connectivity index (χ1) is 9.22. The van der Waals surface area contributed by atoms with Gasteiger partial charge in [-0.25, -0.2) is 4.98 Å². The van der Waals surface area contributed by atoms with Crippen LogP contribution in [0.25, 0.3) is 0 Å². The topological polar surface area (TPSA) is 76.0 Å². The highest BCUT2D eigenvalue weighted by Gasteiger charge is 2.25. The van der Waals surface area contributed by atoms with Gasteiger partial charge in [0.05, 0.1) is 0 Å². The zero-order valence-corrected chi connectivity index (χ0v) is 11.2. The van der Waals surface area contributed by atoms with Gasteiger partial charge in [0.25, 0.3) is 5.56 Å². The molecule has 0 radical (unpaired) electrons. The van der Waals surface area contributed by atoms with Crippen LogP contribution >= 0.6 is 0 Å². The lowest BCUT2D eigenvalue weighted by molar-refractivity contribution is -0.120. The largest absolute Gasteiger partial charge is 0.365 e. The Hall–Kier alpha value is -1.85. The number of hydrogen-bond acceptors (Lipinski definition) is 4. The minimum absolute atomic E-state index is 0.00667. The number of anilines is 1. The van der Waals surface area contributed by atoms with Crippen LogP contribution in [-0.2, 0) is 4.79 Å². The molecule has 1 heterocycles. The van der Waals surface area contributed by atoms with Crippen LogP contribution in [0.5, 0.6) is 0 Å². The van der Waals surface area contributed by atoms with E-state index in [1.807, 2.05) is 6.92 Å². The second-order valence-electron chi connectivity index (χ2n) is 4.75. The summed E-state index contributed by atoms with van der Waals surface area (Å²) in [6.07, 6.45) is 6.73. The number of hydrogen-bond donors (Lipinski definition) is 2. The first-order valence-electron chi connectivity index (χ1n) is 6.80. The molecule has 1 saturated carbocycles. The summed E-state index contributed by atoms with van der Waals surface area (Å²) in [7, 11) is 0. The summed E-state index contributed by atoms with van der Waals surface area (Å²) in [4.78, 5) is 27.5. The highest BCUT2D eigenvalue weighted by molar-refractivity contribution is 5.76. The second-order valence-corrected chi connectivity index (χ2v) is 4.75. The molecule has 1 amide bonds. The summed E-state index contributed by atoms with van der Waals surface area (Å²) in [5.74, 6) is 0.325. The van der Waals surface area contributed by atoms with Crippen LogP contribution in [0.1, 0.15) is 38.6 Å². The van der Waals surface area contributed by atoms with Crippen LogP contribution < -0.4 is 16.2 Å². The zero-order valence-electron chi connectivity index (χ0n) is 11.2. The Morgan fingerprint density at radius 1 is 1.47 bits per heavy atom. The molecule has 0 unspecified atom stereocenters. The van der Waals surface area contributed by atoms with Crippen LogP contribution in [0, 0.1) is 0 Å². The van der Waals surface area contributed by atoms with Gasteiger partial charge >= 0.3 is 0 Å². The van der Waals surface area contributed by atoms with Crippen molar-refractivity contribution in [2.45, 2.75) is 38.6 Å². The van der Waals surface area contributed by atoms with Crippen molar-refractivity contribution < 1.29 is 4.79 Å². The Morgan fingerprint density at radius 2 is 2.26 bits per heavy atom. The second kappa shape index (κ2) is 6.36. The molecule has 0 spiro atoms. The molecule has 19 heavy (non-hydrogen) atoms. The highest BCUT2D eigenvalue weighted by atomic mass is 16.1. The van der Waals surface area contributed by atoms with Crippen LogP contribution in [-0.4, -0.2) is 28.5 Å². The van der Waals surface area contributed by atoms with Gasteiger partial charge in [0, 0.05) is 37.9 Å². The van der Waals surface area contributed by atoms with Gasteiger partial charge in [-0.15, -0.1) is 0 Å². The van der Waals surface area contributed by atoms with Crippen LogP contribution in [0.15, 0.2) is 17.2 Å². The molecule has 0 saturated heterocycles. The Kier molecular flexibility index (Phi) is 4.54. The Labute approximate surface area is 112 Å². The van der Waals surface area contributed by atoms with E-state index in [-0.39, 0.29) is 11.5 Å². The molecular formula is C13H20N4O2. The van der Waals surface area contributed by atoms with Crippen molar-refractivity contribution in [1.29, 1.82) is 0 Å². The standard InChI is InChI=1S/C13H20N4O2/c1-2-6-14-11(18)5-7-15-12-13(19)17(9-8-16-12)10-3-4-10/h8-10H,2-7H2,1H3,(H,14,18)(H,15,16). The average molecular weight is 264 g/mol. The maximum absolute atomic E-state index is 12.0. The minimum atomic E-state index is -0.0982. The summed E-state index contributed by atoms with van der Waals surface area (Å²) in [5.41, 5.74) is -0.0982. The molecule has 1 fully saturated rings. The van der Waals surface area contributed by atoms with Gasteiger partial charge in [-0.1, -0.05) is 6.92 Å². The van der Waals surface area contributed by atoms with Crippen molar-refractivity contribution in [2.24, 2.45) is 0 Å². The fourth-order valence-electron chi connectivity index (χ4n) is 1.83. The fraction of sp³-hybridized carbons (Fsp3) is 0.615. The molecule has 1 aliphatic carbocycles. The van der Waals surface area contributed by atoms with Gasteiger partial charge in [-0.05, 0) is 19.3 Å². The van der Waals surface area contributed by atoms with E-state index in [2.05, 4.69) is 15.6 Å². The lowest BCUT2D eigenvalue weighted by Crippen LogP contribution is -2.28. The fourth-order valence-corrected chi connectivity index (χ4v) is 1.83. The Bertz CT molecular complexity index is 494. The van der Waals surface area contributed by atoms with Crippen LogP contribution in [0.4, 0.5) is 5.82 Å². The lowest BCUT2D eigenvalue weighted by atomic mass is 10.3. The monoisotopic (exact) mass is 264 g/mol. The molecule has 6 nitrogen and oxygen atoms in total. The minimum Gasteiger partial charge on any atom is -0.365 e. The zero-order chi connectivity index (χ0) is 13.7. The van der Waals surface area contributed by atoms with Crippen LogP contribution in [0.2, 0.25) is 0 Å². The molecule has 6 heteroatoms. The molecule has 2 rings (SSSR count). The first kappa shape index (κ1) is 13.6. The summed E-state index contributed by atoms with van der Waals surface area (Å²) in [6, 6.07) is 0.337. The van der Waals surface area contributed by atoms with E-state index in [9.17, 15) is 9.59 Å². The van der Waals surface area contributed by atoms with E-state index in [1.165, 1.54) is 0 Å². The summed E-state index contributed by atoms with van der Waals surface area (Å²) in [5, 5.41) is 5.73. The quantitative estimate of drug-likeness (QED) is 0.767. The van der Waals surface area contributed by atoms with Crippen molar-refractivity contribution in [1.82, 2.24) is 14.9 Å². The predicted molar refractivity (Wildman–Crippen MR) is 73.2 cm³/mol. The molecule has 2 N–H and O–H groups in total. The van der Waals surface area contributed by atoms with Gasteiger partial charge in [-0.3, -0.25) is 9.59 Å². The third-order valence-corrected chi connectivity index (χ3v) is 3.02. The SMILES string of the molecule is CCCNC(=O)CCNc1nccn(C2CC2)c1=O. The van der Waals surface area contributed by atoms with Crippen molar-refractivity contribution in [3.8, 4) is 0 Å². The van der Waals surface area contributed by atoms with Crippen LogP contribution in [0.3, 0.4) is 0 Å². The van der Waals surface area contributed by atoms with Gasteiger partial charge in [0.15, 0.2) is 5.82 Å². The van der Waals surface area contributed by atoms with Gasteiger partial charge in [0.1, 0.15) is 0 Å². The van der Waals surface area contributed by atoms with E-state index < -0.39 is 0 Å². The van der Waals surface area contributed by atoms with E-state index in [1.54, 1.807) is 17.0 Å². The molecule has 1 aliphatic rings. The molecule has 104 valence electrons. The summed E-state index contributed by atoms with van der Waals surface area (Å²) < 4.78 is 1.71. The molecule has 0 aliphatic heterocycles. The van der Waals surface area contributed by atoms with E-state index in [0.29, 0.717) is 31.4 Å². The Balaban J connectivity index is 1.84. The van der Waals surface area contributed by atoms with E-state index >= 15 is 0 Å². The normalized spacial score (nSPS) is 14.2. The summed E-state index contributed by atoms with van der Waals surface area (Å²) >= 11 is 0. The van der Waals surface area contributed by atoms with Crippen molar-refractivity contribution in [3.63, 3.8) is 0 Å². The number of carbonyl (C=O) groups excluding carboxylic acids is 1. The van der Waals surface area contributed by atoms with Crippen molar-refractivity contribution >= 4 is 11.7 Å². The molecule has 1 aromatic heterocycles. The molecule has 0 bridgehead atoms. The van der Waals surface area contributed by atoms with Gasteiger partial charge in [0.2, 0.25) is 5.91 Å². The number of amides is 1. The van der Waals surface area contributed by atoms with Gasteiger partial charge in [-0.2, -0.15) is 0 Å². The summed E-state index contributed by atoms with van der Waals surface area (Å²) in [6.45, 7) is 3.12. The van der Waals surface area contributed by atoms with E-state index in [0.717, 1.165) is 19.3 Å². The average Bonchev–Trinajstić information content (AvgIpc) is 3.23. The highest BCUT2D eigenvalue weighted by Crippen LogP contribution is 2.33. The molecule has 0 atom stereocenters. The number of aromatic nitrogens is 2. The predicted octanol–water partition coefficient (Wildman–Crippen LogP) is 0.906. The number of rotatable bonds is 7.